The molecular formula is C21H28O7. The zero-order valence-electron chi connectivity index (χ0n) is 16.6. The molecule has 0 aromatic carbocycles. The topological polar surface area (TPSA) is 117 Å². The molecule has 3 aliphatic rings. The van der Waals surface area contributed by atoms with Gasteiger partial charge in [-0.25, -0.2) is 0 Å². The molecule has 0 radical (unpaired) electrons. The first-order chi connectivity index (χ1) is 13.0. The molecule has 2 saturated carbocycles. The first kappa shape index (κ1) is 19.6. The zero-order valence-corrected chi connectivity index (χ0v) is 16.6. The average Bonchev–Trinajstić information content (AvgIpc) is 3.13. The van der Waals surface area contributed by atoms with E-state index >= 15 is 0 Å². The second kappa shape index (κ2) is 5.90. The second-order valence-corrected chi connectivity index (χ2v) is 9.40. The lowest BCUT2D eigenvalue weighted by Crippen LogP contribution is -2.78. The Morgan fingerprint density at radius 2 is 1.96 bits per heavy atom. The van der Waals surface area contributed by atoms with Crippen LogP contribution in [0.3, 0.4) is 0 Å². The maximum absolute atomic E-state index is 13.2. The van der Waals surface area contributed by atoms with E-state index in [1.165, 1.54) is 13.4 Å². The van der Waals surface area contributed by atoms with Crippen LogP contribution in [0.1, 0.15) is 50.9 Å². The summed E-state index contributed by atoms with van der Waals surface area (Å²) in [4.78, 5) is 25.9. The highest BCUT2D eigenvalue weighted by Gasteiger charge is 2.75. The number of hydrogen-bond acceptors (Lipinski definition) is 7. The number of aliphatic hydroxyl groups is 3. The third kappa shape index (κ3) is 2.05. The van der Waals surface area contributed by atoms with E-state index in [4.69, 9.17) is 9.15 Å². The predicted octanol–water partition coefficient (Wildman–Crippen LogP) is 1.19. The summed E-state index contributed by atoms with van der Waals surface area (Å²) in [5.74, 6) is -2.38. The van der Waals surface area contributed by atoms with Gasteiger partial charge in [-0.2, -0.15) is 0 Å². The monoisotopic (exact) mass is 392 g/mol. The van der Waals surface area contributed by atoms with Crippen molar-refractivity contribution in [2.24, 2.45) is 22.7 Å². The van der Waals surface area contributed by atoms with Gasteiger partial charge >= 0.3 is 5.97 Å². The molecule has 7 heteroatoms. The highest BCUT2D eigenvalue weighted by atomic mass is 16.5. The molecule has 3 aliphatic carbocycles. The lowest BCUT2D eigenvalue weighted by molar-refractivity contribution is -0.298. The first-order valence-corrected chi connectivity index (χ1v) is 9.78. The fraction of sp³-hybridized carbons (Fsp3) is 0.714. The largest absolute Gasteiger partial charge is 0.469 e. The Bertz CT molecular complexity index is 826. The third-order valence-electron chi connectivity index (χ3n) is 8.09. The number of rotatable bonds is 1. The molecule has 0 amide bonds. The number of fused-ring (bicyclic) bond motifs is 4. The average molecular weight is 392 g/mol. The van der Waals surface area contributed by atoms with Crippen LogP contribution in [0.4, 0.5) is 0 Å². The number of furan rings is 1. The maximum Gasteiger partial charge on any atom is 0.313 e. The normalized spacial score (nSPS) is 44.2. The smallest absolute Gasteiger partial charge is 0.313 e. The molecule has 4 rings (SSSR count). The summed E-state index contributed by atoms with van der Waals surface area (Å²) in [6, 6.07) is 1.67. The third-order valence-corrected chi connectivity index (χ3v) is 8.09. The van der Waals surface area contributed by atoms with Crippen LogP contribution in [-0.2, 0) is 20.7 Å². The van der Waals surface area contributed by atoms with Gasteiger partial charge in [-0.3, -0.25) is 9.59 Å². The summed E-state index contributed by atoms with van der Waals surface area (Å²) in [5, 5.41) is 34.1. The number of hydrogen-bond donors (Lipinski definition) is 3. The van der Waals surface area contributed by atoms with Gasteiger partial charge in [0.25, 0.3) is 0 Å². The van der Waals surface area contributed by atoms with Crippen molar-refractivity contribution in [3.8, 4) is 0 Å². The molecule has 0 bridgehead atoms. The van der Waals surface area contributed by atoms with Gasteiger partial charge in [-0.15, -0.1) is 0 Å². The van der Waals surface area contributed by atoms with E-state index in [2.05, 4.69) is 0 Å². The second-order valence-electron chi connectivity index (χ2n) is 9.40. The van der Waals surface area contributed by atoms with Gasteiger partial charge in [0.1, 0.15) is 23.2 Å². The number of methoxy groups -OCH3 is 1. The van der Waals surface area contributed by atoms with Crippen molar-refractivity contribution in [1.29, 1.82) is 0 Å². The standard InChI is InChI=1S/C21H28O7/c1-19(2)7-5-13(22)20(3)11-9-12-10(6-8-28-12)14(18(25)27-4)15(11)16(23)17(24)21(19,20)26/h6,8,11,14-17,23-24,26H,5,7,9H2,1-4H3/t11-,14+,15+,16+,17-,20-,21+/m0/s1. The lowest BCUT2D eigenvalue weighted by Gasteiger charge is -2.67. The van der Waals surface area contributed by atoms with Gasteiger partial charge in [-0.05, 0) is 30.7 Å². The van der Waals surface area contributed by atoms with Crippen LogP contribution < -0.4 is 0 Å². The number of carbonyl (C=O) groups excluding carboxylic acids is 2. The van der Waals surface area contributed by atoms with Crippen molar-refractivity contribution in [3.05, 3.63) is 23.7 Å². The van der Waals surface area contributed by atoms with Gasteiger partial charge in [0.15, 0.2) is 0 Å². The molecule has 1 aromatic heterocycles. The Hall–Kier alpha value is -1.70. The summed E-state index contributed by atoms with van der Waals surface area (Å²) in [5.41, 5.74) is -3.36. The van der Waals surface area contributed by atoms with E-state index in [1.54, 1.807) is 13.0 Å². The van der Waals surface area contributed by atoms with E-state index in [0.717, 1.165) is 0 Å². The van der Waals surface area contributed by atoms with Crippen molar-refractivity contribution < 1.29 is 34.1 Å². The predicted molar refractivity (Wildman–Crippen MR) is 97.2 cm³/mol. The van der Waals surface area contributed by atoms with Crippen LogP contribution in [0.25, 0.3) is 0 Å². The van der Waals surface area contributed by atoms with Gasteiger partial charge < -0.3 is 24.5 Å². The van der Waals surface area contributed by atoms with Crippen molar-refractivity contribution >= 4 is 11.8 Å². The molecule has 0 aliphatic heterocycles. The Balaban J connectivity index is 1.96. The molecule has 0 unspecified atom stereocenters. The fourth-order valence-electron chi connectivity index (χ4n) is 6.45. The van der Waals surface area contributed by atoms with E-state index < -0.39 is 52.4 Å². The summed E-state index contributed by atoms with van der Waals surface area (Å²) in [7, 11) is 1.27. The molecule has 2 fully saturated rings. The molecule has 154 valence electrons. The van der Waals surface area contributed by atoms with Crippen molar-refractivity contribution in [3.63, 3.8) is 0 Å². The number of aliphatic hydroxyl groups excluding tert-OH is 2. The molecular weight excluding hydrogens is 364 g/mol. The molecule has 1 heterocycles. The minimum Gasteiger partial charge on any atom is -0.469 e. The number of Topliss-reactive ketones (excluding diaryl/α,β-unsaturated/α-hetero) is 1. The van der Waals surface area contributed by atoms with Crippen LogP contribution in [0, 0.1) is 22.7 Å². The van der Waals surface area contributed by atoms with E-state index in [1.807, 2.05) is 13.8 Å². The Kier molecular flexibility index (Phi) is 4.14. The molecule has 28 heavy (non-hydrogen) atoms. The van der Waals surface area contributed by atoms with Crippen molar-refractivity contribution in [2.45, 2.75) is 63.8 Å². The fourth-order valence-corrected chi connectivity index (χ4v) is 6.45. The highest BCUT2D eigenvalue weighted by molar-refractivity contribution is 5.89. The number of carbonyl (C=O) groups is 2. The van der Waals surface area contributed by atoms with Crippen LogP contribution >= 0.6 is 0 Å². The quantitative estimate of drug-likeness (QED) is 0.615. The summed E-state index contributed by atoms with van der Waals surface area (Å²) in [6.07, 6.45) is -0.511. The van der Waals surface area contributed by atoms with Crippen LogP contribution in [0.5, 0.6) is 0 Å². The summed E-state index contributed by atoms with van der Waals surface area (Å²) in [6.45, 7) is 5.30. The van der Waals surface area contributed by atoms with Crippen molar-refractivity contribution in [2.75, 3.05) is 7.11 Å². The highest BCUT2D eigenvalue weighted by Crippen LogP contribution is 2.65. The van der Waals surface area contributed by atoms with E-state index in [-0.39, 0.29) is 12.2 Å². The van der Waals surface area contributed by atoms with Gasteiger partial charge in [0, 0.05) is 24.3 Å². The van der Waals surface area contributed by atoms with Gasteiger partial charge in [-0.1, -0.05) is 13.8 Å². The SMILES string of the molecule is COC(=O)[C@@H]1c2ccoc2C[C@H]2[C@H]1[C@@H](O)[C@H](O)[C@@]1(O)C(C)(C)CCC(=O)[C@]21C. The minimum absolute atomic E-state index is 0.158. The van der Waals surface area contributed by atoms with Crippen molar-refractivity contribution in [1.82, 2.24) is 0 Å². The molecule has 7 atom stereocenters. The first-order valence-electron chi connectivity index (χ1n) is 9.78. The minimum atomic E-state index is -1.83. The molecule has 7 nitrogen and oxygen atoms in total. The molecule has 0 saturated heterocycles. The lowest BCUT2D eigenvalue weighted by atomic mass is 9.39. The van der Waals surface area contributed by atoms with Gasteiger partial charge in [0.2, 0.25) is 0 Å². The number of ketones is 1. The van der Waals surface area contributed by atoms with Crippen LogP contribution in [-0.4, -0.2) is 52.0 Å². The Morgan fingerprint density at radius 3 is 2.61 bits per heavy atom. The molecule has 3 N–H and O–H groups in total. The van der Waals surface area contributed by atoms with E-state index in [9.17, 15) is 24.9 Å². The number of esters is 1. The number of ether oxygens (including phenoxy) is 1. The summed E-state index contributed by atoms with van der Waals surface area (Å²) >= 11 is 0. The Morgan fingerprint density at radius 1 is 1.29 bits per heavy atom. The van der Waals surface area contributed by atoms with Crippen LogP contribution in [0.2, 0.25) is 0 Å². The molecule has 1 aromatic rings. The maximum atomic E-state index is 13.2. The van der Waals surface area contributed by atoms with Crippen LogP contribution in [0.15, 0.2) is 16.7 Å². The van der Waals surface area contributed by atoms with Gasteiger partial charge in [0.05, 0.1) is 30.8 Å². The van der Waals surface area contributed by atoms with E-state index in [0.29, 0.717) is 24.2 Å². The zero-order chi connectivity index (χ0) is 20.6. The Labute approximate surface area is 163 Å². The summed E-state index contributed by atoms with van der Waals surface area (Å²) < 4.78 is 10.6. The molecule has 0 spiro atoms.